The van der Waals surface area contributed by atoms with Crippen molar-refractivity contribution in [3.05, 3.63) is 63.5 Å². The van der Waals surface area contributed by atoms with Gasteiger partial charge in [-0.2, -0.15) is 10.2 Å². The van der Waals surface area contributed by atoms with Crippen molar-refractivity contribution in [1.29, 1.82) is 5.26 Å². The summed E-state index contributed by atoms with van der Waals surface area (Å²) in [6.45, 7) is 1.47. The maximum atomic E-state index is 9.78. The van der Waals surface area contributed by atoms with E-state index in [1.807, 2.05) is 12.3 Å². The van der Waals surface area contributed by atoms with Crippen LogP contribution in [0.25, 0.3) is 11.1 Å². The molecule has 1 aliphatic heterocycles. The zero-order chi connectivity index (χ0) is 22.5. The van der Waals surface area contributed by atoms with Crippen LogP contribution in [0.15, 0.2) is 36.7 Å². The maximum absolute atomic E-state index is 9.78. The third-order valence-corrected chi connectivity index (χ3v) is 7.59. The molecule has 3 heterocycles. The zero-order valence-corrected chi connectivity index (χ0v) is 18.7. The van der Waals surface area contributed by atoms with Gasteiger partial charge in [0.1, 0.15) is 11.9 Å². The van der Waals surface area contributed by atoms with Gasteiger partial charge in [0, 0.05) is 37.1 Å². The summed E-state index contributed by atoms with van der Waals surface area (Å²) in [5.41, 5.74) is 16.5. The van der Waals surface area contributed by atoms with Crippen LogP contribution in [0, 0.1) is 16.7 Å². The number of aromatic nitrogens is 3. The third kappa shape index (κ3) is 3.27. The van der Waals surface area contributed by atoms with Crippen molar-refractivity contribution < 1.29 is 0 Å². The van der Waals surface area contributed by atoms with Crippen LogP contribution in [0.3, 0.4) is 0 Å². The van der Waals surface area contributed by atoms with Crippen LogP contribution >= 0.6 is 23.2 Å². The van der Waals surface area contributed by atoms with Crippen molar-refractivity contribution in [2.45, 2.75) is 25.3 Å². The summed E-state index contributed by atoms with van der Waals surface area (Å²) >= 11 is 12.5. The number of anilines is 2. The molecule has 4 N–H and O–H groups in total. The Balaban J connectivity index is 1.42. The number of rotatable bonds is 2. The molecule has 32 heavy (non-hydrogen) atoms. The molecular formula is C23H21Cl2N7. The molecular weight excluding hydrogens is 445 g/mol. The Morgan fingerprint density at radius 3 is 2.66 bits per heavy atom. The van der Waals surface area contributed by atoms with E-state index in [4.69, 9.17) is 34.7 Å². The van der Waals surface area contributed by atoms with Crippen LogP contribution in [0.5, 0.6) is 0 Å². The van der Waals surface area contributed by atoms with Gasteiger partial charge in [0.15, 0.2) is 5.69 Å². The molecule has 0 bridgehead atoms. The van der Waals surface area contributed by atoms with E-state index in [-0.39, 0.29) is 23.0 Å². The van der Waals surface area contributed by atoms with E-state index >= 15 is 0 Å². The molecule has 9 heteroatoms. The van der Waals surface area contributed by atoms with E-state index in [1.54, 1.807) is 24.4 Å². The van der Waals surface area contributed by atoms with Gasteiger partial charge in [-0.25, -0.2) is 4.98 Å². The molecule has 1 aromatic carbocycles. The minimum absolute atomic E-state index is 0.00402. The van der Waals surface area contributed by atoms with Crippen LogP contribution < -0.4 is 16.4 Å². The smallest absolute Gasteiger partial charge is 0.228 e. The Bertz CT molecular complexity index is 1250. The van der Waals surface area contributed by atoms with Gasteiger partial charge in [-0.1, -0.05) is 35.3 Å². The Labute approximate surface area is 196 Å². The fraction of sp³-hybridized carbons (Fsp3) is 0.304. The van der Waals surface area contributed by atoms with Crippen LogP contribution in [-0.4, -0.2) is 28.0 Å². The summed E-state index contributed by atoms with van der Waals surface area (Å²) in [6, 6.07) is 9.35. The number of nitrogens with two attached hydrogens (primary N) is 2. The molecule has 0 saturated carbocycles. The first kappa shape index (κ1) is 21.0. The topological polar surface area (TPSA) is 118 Å². The molecule has 0 radical (unpaired) electrons. The van der Waals surface area contributed by atoms with E-state index < -0.39 is 0 Å². The molecule has 7 nitrogen and oxygen atoms in total. The maximum Gasteiger partial charge on any atom is 0.228 e. The third-order valence-electron chi connectivity index (χ3n) is 6.77. The van der Waals surface area contributed by atoms with Gasteiger partial charge in [-0.15, -0.1) is 0 Å². The Morgan fingerprint density at radius 2 is 1.94 bits per heavy atom. The lowest BCUT2D eigenvalue weighted by Gasteiger charge is -2.42. The molecule has 1 atom stereocenters. The number of nitrogens with zero attached hydrogens (tertiary/aromatic N) is 5. The normalized spacial score (nSPS) is 19.1. The summed E-state index contributed by atoms with van der Waals surface area (Å²) in [5, 5.41) is 10.5. The number of benzene rings is 1. The number of halogens is 2. The molecule has 1 fully saturated rings. The van der Waals surface area contributed by atoms with E-state index in [0.29, 0.717) is 27.1 Å². The monoisotopic (exact) mass is 465 g/mol. The van der Waals surface area contributed by atoms with Crippen LogP contribution in [0.1, 0.15) is 35.7 Å². The highest BCUT2D eigenvalue weighted by molar-refractivity contribution is 6.43. The summed E-state index contributed by atoms with van der Waals surface area (Å²) in [6.07, 6.45) is 6.47. The average Bonchev–Trinajstić information content (AvgIpc) is 3.07. The molecule has 2 aromatic heterocycles. The predicted molar refractivity (Wildman–Crippen MR) is 125 cm³/mol. The van der Waals surface area contributed by atoms with Crippen LogP contribution in [0.2, 0.25) is 10.0 Å². The average molecular weight is 466 g/mol. The number of nitrogen functional groups attached to an aromatic ring is 1. The fourth-order valence-corrected chi connectivity index (χ4v) is 5.39. The summed E-state index contributed by atoms with van der Waals surface area (Å²) in [7, 11) is 0. The number of piperidine rings is 1. The van der Waals surface area contributed by atoms with Crippen LogP contribution in [0.4, 0.5) is 11.8 Å². The summed E-state index contributed by atoms with van der Waals surface area (Å²) < 4.78 is 0. The molecule has 5 rings (SSSR count). The Hall–Kier alpha value is -2.92. The van der Waals surface area contributed by atoms with Gasteiger partial charge in [-0.3, -0.25) is 4.98 Å². The lowest BCUT2D eigenvalue weighted by atomic mass is 9.73. The predicted octanol–water partition coefficient (Wildman–Crippen LogP) is 4.14. The van der Waals surface area contributed by atoms with E-state index in [0.717, 1.165) is 32.4 Å². The van der Waals surface area contributed by atoms with Crippen molar-refractivity contribution in [2.24, 2.45) is 11.1 Å². The SMILES string of the molecule is N#Cc1nc(N2CCC3(CC2)Cc2cnccc2[C@H]3N)nc(N)c1-c1cccc(Cl)c1Cl. The second-order valence-corrected chi connectivity index (χ2v) is 9.21. The van der Waals surface area contributed by atoms with Gasteiger partial charge in [-0.05, 0) is 47.9 Å². The van der Waals surface area contributed by atoms with Crippen molar-refractivity contribution in [3.8, 4) is 17.2 Å². The van der Waals surface area contributed by atoms with Crippen LogP contribution in [-0.2, 0) is 6.42 Å². The molecule has 3 aromatic rings. The Morgan fingerprint density at radius 1 is 1.16 bits per heavy atom. The quantitative estimate of drug-likeness (QED) is 0.583. The number of fused-ring (bicyclic) bond motifs is 1. The molecule has 162 valence electrons. The highest BCUT2D eigenvalue weighted by atomic mass is 35.5. The van der Waals surface area contributed by atoms with Gasteiger partial charge in [0.25, 0.3) is 0 Å². The van der Waals surface area contributed by atoms with E-state index in [9.17, 15) is 5.26 Å². The van der Waals surface area contributed by atoms with Crippen molar-refractivity contribution >= 4 is 35.0 Å². The highest BCUT2D eigenvalue weighted by Gasteiger charge is 2.46. The molecule has 0 unspecified atom stereocenters. The molecule has 1 spiro atoms. The first-order chi connectivity index (χ1) is 15.4. The highest BCUT2D eigenvalue weighted by Crippen LogP contribution is 2.50. The minimum atomic E-state index is -0.00402. The molecule has 1 saturated heterocycles. The van der Waals surface area contributed by atoms with Gasteiger partial charge < -0.3 is 16.4 Å². The lowest BCUT2D eigenvalue weighted by molar-refractivity contribution is 0.187. The summed E-state index contributed by atoms with van der Waals surface area (Å²) in [5.74, 6) is 0.647. The molecule has 0 amide bonds. The minimum Gasteiger partial charge on any atom is -0.383 e. The second-order valence-electron chi connectivity index (χ2n) is 8.42. The van der Waals surface area contributed by atoms with E-state index in [2.05, 4.69) is 25.9 Å². The molecule has 1 aliphatic carbocycles. The first-order valence-electron chi connectivity index (χ1n) is 10.4. The lowest BCUT2D eigenvalue weighted by Crippen LogP contribution is -2.45. The fourth-order valence-electron chi connectivity index (χ4n) is 5.00. The first-order valence-corrected chi connectivity index (χ1v) is 11.1. The standard InChI is InChI=1S/C23H21Cl2N7/c24-16-3-1-2-15(19(16)25)18-17(11-26)30-22(31-21(18)28)32-8-5-23(6-9-32)10-13-12-29-7-4-14(13)20(23)27/h1-4,7,12,20H,5-6,8-10,27H2,(H2,28,30,31)/t20-/m1/s1. The zero-order valence-electron chi connectivity index (χ0n) is 17.2. The van der Waals surface area contributed by atoms with E-state index in [1.165, 1.54) is 11.1 Å². The van der Waals surface area contributed by atoms with Crippen molar-refractivity contribution in [1.82, 2.24) is 15.0 Å². The number of hydrogen-bond acceptors (Lipinski definition) is 7. The van der Waals surface area contributed by atoms with Crippen molar-refractivity contribution in [3.63, 3.8) is 0 Å². The number of hydrogen-bond donors (Lipinski definition) is 2. The van der Waals surface area contributed by atoms with Gasteiger partial charge in [0.05, 0.1) is 15.6 Å². The summed E-state index contributed by atoms with van der Waals surface area (Å²) in [4.78, 5) is 15.4. The Kier molecular flexibility index (Phi) is 5.17. The second kappa shape index (κ2) is 7.89. The number of pyridine rings is 1. The van der Waals surface area contributed by atoms with Gasteiger partial charge in [0.2, 0.25) is 5.95 Å². The number of nitriles is 1. The van der Waals surface area contributed by atoms with Crippen molar-refractivity contribution in [2.75, 3.05) is 23.7 Å². The largest absolute Gasteiger partial charge is 0.383 e. The van der Waals surface area contributed by atoms with Gasteiger partial charge >= 0.3 is 0 Å². The molecule has 2 aliphatic rings.